The van der Waals surface area contributed by atoms with Gasteiger partial charge in [0.1, 0.15) is 11.5 Å². The molecule has 0 heterocycles. The Hall–Kier alpha value is -2.43. The van der Waals surface area contributed by atoms with E-state index in [9.17, 15) is 13.6 Å². The molecule has 1 aliphatic rings. The third kappa shape index (κ3) is 3.30. The molecule has 0 bridgehead atoms. The molecule has 0 saturated heterocycles. The van der Waals surface area contributed by atoms with E-state index in [2.05, 4.69) is 0 Å². The third-order valence-corrected chi connectivity index (χ3v) is 5.05. The Bertz CT molecular complexity index is 819. The van der Waals surface area contributed by atoms with Crippen LogP contribution in [0.25, 0.3) is 0 Å². The highest BCUT2D eigenvalue weighted by Crippen LogP contribution is 2.58. The van der Waals surface area contributed by atoms with Crippen molar-refractivity contribution in [2.45, 2.75) is 38.0 Å². The number of nitrogens with zero attached hydrogens (tertiary/aromatic N) is 1. The van der Waals surface area contributed by atoms with Crippen molar-refractivity contribution in [3.8, 4) is 11.5 Å². The van der Waals surface area contributed by atoms with Crippen LogP contribution < -0.4 is 4.74 Å². The predicted molar refractivity (Wildman–Crippen MR) is 97.2 cm³/mol. The van der Waals surface area contributed by atoms with Gasteiger partial charge >= 0.3 is 0 Å². The van der Waals surface area contributed by atoms with E-state index in [-0.39, 0.29) is 5.91 Å². The molecule has 138 valence electrons. The third-order valence-electron chi connectivity index (χ3n) is 5.05. The van der Waals surface area contributed by atoms with Gasteiger partial charge in [-0.25, -0.2) is 8.78 Å². The second kappa shape index (κ2) is 6.38. The lowest BCUT2D eigenvalue weighted by atomic mass is 9.89. The van der Waals surface area contributed by atoms with Crippen LogP contribution in [-0.4, -0.2) is 30.8 Å². The summed E-state index contributed by atoms with van der Waals surface area (Å²) >= 11 is 0. The number of alkyl halides is 2. The zero-order chi connectivity index (χ0) is 19.1. The van der Waals surface area contributed by atoms with Crippen LogP contribution >= 0.6 is 0 Å². The van der Waals surface area contributed by atoms with Gasteiger partial charge in [0, 0.05) is 26.6 Å². The quantitative estimate of drug-likeness (QED) is 0.736. The summed E-state index contributed by atoms with van der Waals surface area (Å²) in [5, 5.41) is 0. The Morgan fingerprint density at radius 1 is 1.12 bits per heavy atom. The lowest BCUT2D eigenvalue weighted by Crippen LogP contribution is -2.30. The number of halogens is 2. The van der Waals surface area contributed by atoms with E-state index in [0.717, 1.165) is 12.5 Å². The highest BCUT2D eigenvalue weighted by atomic mass is 19.3. The van der Waals surface area contributed by atoms with Crippen molar-refractivity contribution in [3.05, 3.63) is 59.2 Å². The van der Waals surface area contributed by atoms with Gasteiger partial charge in [-0.05, 0) is 61.2 Å². The first-order valence-electron chi connectivity index (χ1n) is 8.62. The Kier molecular flexibility index (Phi) is 4.51. The van der Waals surface area contributed by atoms with Gasteiger partial charge in [0.2, 0.25) is 0 Å². The van der Waals surface area contributed by atoms with E-state index in [1.54, 1.807) is 56.6 Å². The standard InChI is InChI=1S/C21H23F2NO2/c1-14-13-16(21(11-12-21)20(2,22)23)7-10-18(14)26-17-8-5-15(6-9-17)19(25)24(3)4/h5-10,13H,11-12H2,1-4H3. The molecule has 3 nitrogen and oxygen atoms in total. The molecule has 3 rings (SSSR count). The van der Waals surface area contributed by atoms with Gasteiger partial charge in [-0.1, -0.05) is 12.1 Å². The van der Waals surface area contributed by atoms with Crippen molar-refractivity contribution in [1.29, 1.82) is 0 Å². The maximum Gasteiger partial charge on any atom is 0.254 e. The van der Waals surface area contributed by atoms with Crippen molar-refractivity contribution in [1.82, 2.24) is 4.90 Å². The second-order valence-electron chi connectivity index (χ2n) is 7.28. The summed E-state index contributed by atoms with van der Waals surface area (Å²) in [5.74, 6) is -1.59. The van der Waals surface area contributed by atoms with Gasteiger partial charge < -0.3 is 9.64 Å². The van der Waals surface area contributed by atoms with Crippen LogP contribution in [0.3, 0.4) is 0 Å². The molecule has 0 radical (unpaired) electrons. The van der Waals surface area contributed by atoms with Crippen LogP contribution in [0.15, 0.2) is 42.5 Å². The highest BCUT2D eigenvalue weighted by Gasteiger charge is 2.60. The van der Waals surface area contributed by atoms with E-state index in [0.29, 0.717) is 35.5 Å². The first kappa shape index (κ1) is 18.4. The zero-order valence-electron chi connectivity index (χ0n) is 15.5. The average Bonchev–Trinajstić information content (AvgIpc) is 3.38. The molecule has 1 saturated carbocycles. The average molecular weight is 359 g/mol. The summed E-state index contributed by atoms with van der Waals surface area (Å²) in [6.45, 7) is 2.85. The van der Waals surface area contributed by atoms with Crippen molar-refractivity contribution < 1.29 is 18.3 Å². The number of amides is 1. The SMILES string of the molecule is Cc1cc(C2(C(C)(F)F)CC2)ccc1Oc1ccc(C(=O)N(C)C)cc1. The minimum atomic E-state index is -2.73. The molecular formula is C21H23F2NO2. The Morgan fingerprint density at radius 2 is 1.73 bits per heavy atom. The summed E-state index contributed by atoms with van der Waals surface area (Å²) in [7, 11) is 3.40. The Labute approximate surface area is 152 Å². The molecular weight excluding hydrogens is 336 g/mol. The van der Waals surface area contributed by atoms with Crippen LogP contribution in [0.4, 0.5) is 8.78 Å². The summed E-state index contributed by atoms with van der Waals surface area (Å²) in [4.78, 5) is 13.4. The number of benzene rings is 2. The molecule has 26 heavy (non-hydrogen) atoms. The molecule has 0 N–H and O–H groups in total. The van der Waals surface area contributed by atoms with E-state index in [1.807, 2.05) is 6.92 Å². The molecule has 2 aromatic carbocycles. The molecule has 1 aliphatic carbocycles. The van der Waals surface area contributed by atoms with E-state index in [1.165, 1.54) is 4.90 Å². The monoisotopic (exact) mass is 359 g/mol. The molecule has 1 amide bonds. The highest BCUT2D eigenvalue weighted by molar-refractivity contribution is 5.93. The minimum absolute atomic E-state index is 0.0766. The summed E-state index contributed by atoms with van der Waals surface area (Å²) < 4.78 is 33.7. The lowest BCUT2D eigenvalue weighted by molar-refractivity contribution is -0.0200. The number of aryl methyl sites for hydroxylation is 1. The molecule has 0 spiro atoms. The fourth-order valence-corrected chi connectivity index (χ4v) is 3.22. The van der Waals surface area contributed by atoms with Crippen molar-refractivity contribution in [2.24, 2.45) is 0 Å². The van der Waals surface area contributed by atoms with Gasteiger partial charge in [-0.3, -0.25) is 4.79 Å². The number of carbonyl (C=O) groups excluding carboxylic acids is 1. The number of hydrogen-bond donors (Lipinski definition) is 0. The summed E-state index contributed by atoms with van der Waals surface area (Å²) in [5.41, 5.74) is 1.04. The number of ether oxygens (including phenoxy) is 1. The molecule has 5 heteroatoms. The maximum absolute atomic E-state index is 13.9. The van der Waals surface area contributed by atoms with Crippen LogP contribution in [0, 0.1) is 6.92 Å². The minimum Gasteiger partial charge on any atom is -0.457 e. The van der Waals surface area contributed by atoms with E-state index < -0.39 is 11.3 Å². The number of rotatable bonds is 5. The zero-order valence-corrected chi connectivity index (χ0v) is 15.5. The van der Waals surface area contributed by atoms with Gasteiger partial charge in [0.15, 0.2) is 0 Å². The van der Waals surface area contributed by atoms with Crippen LogP contribution in [0.2, 0.25) is 0 Å². The van der Waals surface area contributed by atoms with Crippen molar-refractivity contribution >= 4 is 5.91 Å². The normalized spacial score (nSPS) is 15.5. The molecule has 0 unspecified atom stereocenters. The van der Waals surface area contributed by atoms with Crippen molar-refractivity contribution in [2.75, 3.05) is 14.1 Å². The maximum atomic E-state index is 13.9. The fourth-order valence-electron chi connectivity index (χ4n) is 3.22. The van der Waals surface area contributed by atoms with Gasteiger partial charge in [-0.2, -0.15) is 0 Å². The number of carbonyl (C=O) groups is 1. The molecule has 0 atom stereocenters. The first-order chi connectivity index (χ1) is 12.1. The largest absolute Gasteiger partial charge is 0.457 e. The molecule has 0 aromatic heterocycles. The smallest absolute Gasteiger partial charge is 0.254 e. The summed E-state index contributed by atoms with van der Waals surface area (Å²) in [6, 6.07) is 12.1. The van der Waals surface area contributed by atoms with Gasteiger partial charge in [0.05, 0.1) is 5.41 Å². The van der Waals surface area contributed by atoms with Crippen LogP contribution in [-0.2, 0) is 5.41 Å². The Balaban J connectivity index is 1.78. The first-order valence-corrected chi connectivity index (χ1v) is 8.62. The van der Waals surface area contributed by atoms with Crippen LogP contribution in [0.5, 0.6) is 11.5 Å². The van der Waals surface area contributed by atoms with Crippen LogP contribution in [0.1, 0.15) is 41.3 Å². The summed E-state index contributed by atoms with van der Waals surface area (Å²) in [6.07, 6.45) is 1.02. The second-order valence-corrected chi connectivity index (χ2v) is 7.28. The number of hydrogen-bond acceptors (Lipinski definition) is 2. The van der Waals surface area contributed by atoms with Crippen molar-refractivity contribution in [3.63, 3.8) is 0 Å². The van der Waals surface area contributed by atoms with Gasteiger partial charge in [0.25, 0.3) is 11.8 Å². The topological polar surface area (TPSA) is 29.5 Å². The van der Waals surface area contributed by atoms with E-state index in [4.69, 9.17) is 4.74 Å². The molecule has 0 aliphatic heterocycles. The molecule has 2 aromatic rings. The fraction of sp³-hybridized carbons (Fsp3) is 0.381. The predicted octanol–water partition coefficient (Wildman–Crippen LogP) is 5.18. The van der Waals surface area contributed by atoms with E-state index >= 15 is 0 Å². The van der Waals surface area contributed by atoms with Gasteiger partial charge in [-0.15, -0.1) is 0 Å². The Morgan fingerprint density at radius 3 is 2.19 bits per heavy atom. The molecule has 1 fully saturated rings. The lowest BCUT2D eigenvalue weighted by Gasteiger charge is -2.24.